The van der Waals surface area contributed by atoms with E-state index in [1.54, 1.807) is 7.11 Å². The standard InChI is InChI=1S/C17H22BrNO2/c1-13(12-19-10-5-11-20-2)21-16-9-8-14-6-3-4-7-15(14)17(16)18/h3-4,6-9,13,19H,5,10-12H2,1-2H3. The Balaban J connectivity index is 1.92. The fourth-order valence-corrected chi connectivity index (χ4v) is 2.80. The van der Waals surface area contributed by atoms with Crippen molar-refractivity contribution in [2.24, 2.45) is 0 Å². The highest BCUT2D eigenvalue weighted by Crippen LogP contribution is 2.33. The molecule has 4 heteroatoms. The molecule has 2 rings (SSSR count). The number of fused-ring (bicyclic) bond motifs is 1. The molecule has 0 aliphatic rings. The van der Waals surface area contributed by atoms with Crippen LogP contribution in [0.1, 0.15) is 13.3 Å². The van der Waals surface area contributed by atoms with Gasteiger partial charge in [-0.3, -0.25) is 0 Å². The van der Waals surface area contributed by atoms with Crippen molar-refractivity contribution in [1.82, 2.24) is 5.32 Å². The van der Waals surface area contributed by atoms with Crippen LogP contribution in [0.4, 0.5) is 0 Å². The molecule has 1 unspecified atom stereocenters. The molecule has 0 radical (unpaired) electrons. The fraction of sp³-hybridized carbons (Fsp3) is 0.412. The van der Waals surface area contributed by atoms with E-state index in [1.807, 2.05) is 18.2 Å². The molecule has 0 aliphatic heterocycles. The average molecular weight is 352 g/mol. The van der Waals surface area contributed by atoms with Gasteiger partial charge in [0.1, 0.15) is 11.9 Å². The second-order valence-electron chi connectivity index (χ2n) is 5.08. The minimum Gasteiger partial charge on any atom is -0.488 e. The van der Waals surface area contributed by atoms with Gasteiger partial charge >= 0.3 is 0 Å². The van der Waals surface area contributed by atoms with E-state index in [2.05, 4.69) is 46.4 Å². The molecule has 0 aliphatic carbocycles. The minimum atomic E-state index is 0.116. The first-order chi connectivity index (χ1) is 10.2. The van der Waals surface area contributed by atoms with Crippen LogP contribution >= 0.6 is 15.9 Å². The van der Waals surface area contributed by atoms with E-state index in [0.717, 1.165) is 36.3 Å². The summed E-state index contributed by atoms with van der Waals surface area (Å²) < 4.78 is 12.1. The van der Waals surface area contributed by atoms with Gasteiger partial charge in [-0.2, -0.15) is 0 Å². The largest absolute Gasteiger partial charge is 0.488 e. The molecule has 0 amide bonds. The molecule has 21 heavy (non-hydrogen) atoms. The lowest BCUT2D eigenvalue weighted by Gasteiger charge is -2.17. The van der Waals surface area contributed by atoms with Crippen molar-refractivity contribution in [3.63, 3.8) is 0 Å². The zero-order valence-electron chi connectivity index (χ0n) is 12.6. The van der Waals surface area contributed by atoms with Gasteiger partial charge in [-0.25, -0.2) is 0 Å². The molecule has 1 atom stereocenters. The quantitative estimate of drug-likeness (QED) is 0.729. The molecule has 0 heterocycles. The Labute approximate surface area is 134 Å². The van der Waals surface area contributed by atoms with Gasteiger partial charge in [-0.1, -0.05) is 30.3 Å². The first kappa shape index (κ1) is 16.3. The Kier molecular flexibility index (Phi) is 6.49. The second-order valence-corrected chi connectivity index (χ2v) is 5.87. The fourth-order valence-electron chi connectivity index (χ4n) is 2.21. The maximum Gasteiger partial charge on any atom is 0.134 e. The Bertz CT molecular complexity index is 574. The van der Waals surface area contributed by atoms with E-state index in [1.165, 1.54) is 10.8 Å². The first-order valence-electron chi connectivity index (χ1n) is 7.26. The van der Waals surface area contributed by atoms with E-state index in [0.29, 0.717) is 0 Å². The smallest absolute Gasteiger partial charge is 0.134 e. The molecular weight excluding hydrogens is 330 g/mol. The third-order valence-corrected chi connectivity index (χ3v) is 4.11. The van der Waals surface area contributed by atoms with E-state index in [-0.39, 0.29) is 6.10 Å². The molecule has 114 valence electrons. The lowest BCUT2D eigenvalue weighted by molar-refractivity contribution is 0.188. The number of methoxy groups -OCH3 is 1. The zero-order valence-corrected chi connectivity index (χ0v) is 14.2. The Hall–Kier alpha value is -1.10. The Morgan fingerprint density at radius 1 is 1.19 bits per heavy atom. The number of hydrogen-bond acceptors (Lipinski definition) is 3. The van der Waals surface area contributed by atoms with Gasteiger partial charge in [0, 0.05) is 20.3 Å². The van der Waals surface area contributed by atoms with E-state index in [9.17, 15) is 0 Å². The van der Waals surface area contributed by atoms with E-state index in [4.69, 9.17) is 9.47 Å². The van der Waals surface area contributed by atoms with Gasteiger partial charge in [0.2, 0.25) is 0 Å². The average Bonchev–Trinajstić information content (AvgIpc) is 2.50. The predicted octanol–water partition coefficient (Wildman–Crippen LogP) is 4.00. The summed E-state index contributed by atoms with van der Waals surface area (Å²) in [4.78, 5) is 0. The Morgan fingerprint density at radius 2 is 2.00 bits per heavy atom. The van der Waals surface area contributed by atoms with Gasteiger partial charge in [-0.05, 0) is 52.7 Å². The molecule has 0 aromatic heterocycles. The van der Waals surface area contributed by atoms with Gasteiger partial charge in [0.15, 0.2) is 0 Å². The highest BCUT2D eigenvalue weighted by molar-refractivity contribution is 9.10. The van der Waals surface area contributed by atoms with Crippen LogP contribution in [0, 0.1) is 0 Å². The van der Waals surface area contributed by atoms with Crippen molar-refractivity contribution in [1.29, 1.82) is 0 Å². The van der Waals surface area contributed by atoms with E-state index < -0.39 is 0 Å². The highest BCUT2D eigenvalue weighted by atomic mass is 79.9. The van der Waals surface area contributed by atoms with Crippen molar-refractivity contribution in [3.8, 4) is 5.75 Å². The molecule has 1 N–H and O–H groups in total. The van der Waals surface area contributed by atoms with Crippen molar-refractivity contribution in [2.45, 2.75) is 19.4 Å². The summed E-state index contributed by atoms with van der Waals surface area (Å²) >= 11 is 3.65. The molecule has 0 saturated carbocycles. The number of hydrogen-bond donors (Lipinski definition) is 1. The molecule has 0 fully saturated rings. The van der Waals surface area contributed by atoms with Gasteiger partial charge in [-0.15, -0.1) is 0 Å². The second kappa shape index (κ2) is 8.37. The van der Waals surface area contributed by atoms with Gasteiger partial charge in [0.05, 0.1) is 4.47 Å². The normalized spacial score (nSPS) is 12.5. The highest BCUT2D eigenvalue weighted by Gasteiger charge is 2.09. The van der Waals surface area contributed by atoms with Crippen molar-refractivity contribution < 1.29 is 9.47 Å². The number of benzene rings is 2. The molecule has 0 spiro atoms. The minimum absolute atomic E-state index is 0.116. The van der Waals surface area contributed by atoms with E-state index >= 15 is 0 Å². The Morgan fingerprint density at radius 3 is 2.81 bits per heavy atom. The van der Waals surface area contributed by atoms with Crippen molar-refractivity contribution >= 4 is 26.7 Å². The van der Waals surface area contributed by atoms with Crippen molar-refractivity contribution in [2.75, 3.05) is 26.8 Å². The van der Waals surface area contributed by atoms with Crippen LogP contribution in [0.2, 0.25) is 0 Å². The molecule has 2 aromatic rings. The van der Waals surface area contributed by atoms with Crippen LogP contribution in [0.3, 0.4) is 0 Å². The topological polar surface area (TPSA) is 30.5 Å². The summed E-state index contributed by atoms with van der Waals surface area (Å²) in [6, 6.07) is 12.4. The maximum atomic E-state index is 6.02. The predicted molar refractivity (Wildman–Crippen MR) is 91.1 cm³/mol. The molecule has 0 bridgehead atoms. The molecule has 2 aromatic carbocycles. The summed E-state index contributed by atoms with van der Waals surface area (Å²) in [5.41, 5.74) is 0. The number of ether oxygens (including phenoxy) is 2. The van der Waals surface area contributed by atoms with Crippen LogP contribution in [0.15, 0.2) is 40.9 Å². The lowest BCUT2D eigenvalue weighted by Crippen LogP contribution is -2.30. The third-order valence-electron chi connectivity index (χ3n) is 3.29. The zero-order chi connectivity index (χ0) is 15.1. The SMILES string of the molecule is COCCCNCC(C)Oc1ccc2ccccc2c1Br. The monoisotopic (exact) mass is 351 g/mol. The maximum absolute atomic E-state index is 6.02. The van der Waals surface area contributed by atoms with Crippen LogP contribution in [-0.4, -0.2) is 32.9 Å². The third kappa shape index (κ3) is 4.70. The van der Waals surface area contributed by atoms with Gasteiger partial charge < -0.3 is 14.8 Å². The summed E-state index contributed by atoms with van der Waals surface area (Å²) in [7, 11) is 1.73. The van der Waals surface area contributed by atoms with Crippen molar-refractivity contribution in [3.05, 3.63) is 40.9 Å². The molecular formula is C17H22BrNO2. The summed E-state index contributed by atoms with van der Waals surface area (Å²) in [6.07, 6.45) is 1.13. The van der Waals surface area contributed by atoms with Gasteiger partial charge in [0.25, 0.3) is 0 Å². The lowest BCUT2D eigenvalue weighted by atomic mass is 10.1. The number of nitrogens with one attached hydrogen (secondary N) is 1. The molecule has 3 nitrogen and oxygen atoms in total. The molecule has 0 saturated heterocycles. The summed E-state index contributed by atoms with van der Waals surface area (Å²) in [5, 5.41) is 5.76. The first-order valence-corrected chi connectivity index (χ1v) is 8.05. The number of halogens is 1. The summed E-state index contributed by atoms with van der Waals surface area (Å²) in [5.74, 6) is 0.889. The van der Waals surface area contributed by atoms with Crippen LogP contribution in [0.5, 0.6) is 5.75 Å². The number of rotatable bonds is 8. The van der Waals surface area contributed by atoms with Crippen LogP contribution in [0.25, 0.3) is 10.8 Å². The van der Waals surface area contributed by atoms with Crippen LogP contribution in [-0.2, 0) is 4.74 Å². The summed E-state index contributed by atoms with van der Waals surface area (Å²) in [6.45, 7) is 4.63. The van der Waals surface area contributed by atoms with Crippen LogP contribution < -0.4 is 10.1 Å².